The van der Waals surface area contributed by atoms with E-state index < -0.39 is 0 Å². The second-order valence-corrected chi connectivity index (χ2v) is 5.27. The fourth-order valence-electron chi connectivity index (χ4n) is 2.63. The molecule has 2 rings (SSSR count). The van der Waals surface area contributed by atoms with E-state index in [4.69, 9.17) is 4.74 Å². The number of nitrogens with one attached hydrogen (secondary N) is 1. The fourth-order valence-corrected chi connectivity index (χ4v) is 2.63. The Labute approximate surface area is 118 Å². The number of rotatable bonds is 6. The zero-order valence-electron chi connectivity index (χ0n) is 12.0. The molecule has 1 amide bonds. The summed E-state index contributed by atoms with van der Waals surface area (Å²) in [6.07, 6.45) is 3.82. The van der Waals surface area contributed by atoms with Gasteiger partial charge in [-0.15, -0.1) is 0 Å². The van der Waals surface area contributed by atoms with Crippen LogP contribution in [0.15, 0.2) is 12.4 Å². The van der Waals surface area contributed by atoms with Gasteiger partial charge in [-0.05, 0) is 0 Å². The predicted molar refractivity (Wildman–Crippen MR) is 72.9 cm³/mol. The molecule has 1 aliphatic rings. The highest BCUT2D eigenvalue weighted by Crippen LogP contribution is 2.19. The Morgan fingerprint density at radius 2 is 2.40 bits per heavy atom. The van der Waals surface area contributed by atoms with Gasteiger partial charge in [-0.2, -0.15) is 5.10 Å². The lowest BCUT2D eigenvalue weighted by Crippen LogP contribution is -2.43. The first-order valence-corrected chi connectivity index (χ1v) is 6.71. The van der Waals surface area contributed by atoms with Gasteiger partial charge in [0.05, 0.1) is 6.20 Å². The van der Waals surface area contributed by atoms with Gasteiger partial charge in [-0.25, -0.2) is 0 Å². The molecule has 0 unspecified atom stereocenters. The van der Waals surface area contributed by atoms with Gasteiger partial charge in [0.15, 0.2) is 0 Å². The molecular weight excluding hydrogens is 260 g/mol. The summed E-state index contributed by atoms with van der Waals surface area (Å²) in [5.74, 6) is -0.0772. The van der Waals surface area contributed by atoms with Crippen LogP contribution in [0.3, 0.4) is 0 Å². The maximum atomic E-state index is 11.6. The number of likely N-dealkylation sites (tertiary alicyclic amines) is 1. The van der Waals surface area contributed by atoms with Gasteiger partial charge >= 0.3 is 0 Å². The number of carbonyl (C=O) groups is 1. The van der Waals surface area contributed by atoms with Crippen LogP contribution in [0, 0.1) is 5.92 Å². The van der Waals surface area contributed by atoms with E-state index in [1.54, 1.807) is 4.68 Å². The van der Waals surface area contributed by atoms with Gasteiger partial charge in [0.2, 0.25) is 5.91 Å². The number of aliphatic hydroxyl groups excluding tert-OH is 1. The van der Waals surface area contributed by atoms with Crippen LogP contribution in [-0.4, -0.2) is 65.1 Å². The Kier molecular flexibility index (Phi) is 5.11. The van der Waals surface area contributed by atoms with Crippen molar-refractivity contribution in [2.75, 3.05) is 33.4 Å². The highest BCUT2D eigenvalue weighted by Gasteiger charge is 2.33. The van der Waals surface area contributed by atoms with Crippen LogP contribution in [0.2, 0.25) is 0 Å². The van der Waals surface area contributed by atoms with E-state index in [2.05, 4.69) is 15.3 Å². The Bertz CT molecular complexity index is 449. The van der Waals surface area contributed by atoms with E-state index in [0.717, 1.165) is 25.2 Å². The molecule has 1 fully saturated rings. The summed E-state index contributed by atoms with van der Waals surface area (Å²) in [4.78, 5) is 13.8. The fraction of sp³-hybridized carbons (Fsp3) is 0.692. The molecule has 20 heavy (non-hydrogen) atoms. The Morgan fingerprint density at radius 1 is 1.60 bits per heavy atom. The SMILES string of the molecule is COCC(=O)N[C@@H]1CN(Cc2cnn(C)c2)C[C@H]1CO. The number of aliphatic hydroxyl groups is 1. The second-order valence-electron chi connectivity index (χ2n) is 5.27. The van der Waals surface area contributed by atoms with Crippen LogP contribution in [0.4, 0.5) is 0 Å². The van der Waals surface area contributed by atoms with Crippen molar-refractivity contribution in [2.24, 2.45) is 13.0 Å². The molecule has 2 heterocycles. The van der Waals surface area contributed by atoms with Crippen LogP contribution >= 0.6 is 0 Å². The second kappa shape index (κ2) is 6.83. The number of hydrogen-bond donors (Lipinski definition) is 2. The molecule has 0 radical (unpaired) electrons. The average molecular weight is 282 g/mol. The monoisotopic (exact) mass is 282 g/mol. The van der Waals surface area contributed by atoms with E-state index in [-0.39, 0.29) is 31.1 Å². The third kappa shape index (κ3) is 3.78. The van der Waals surface area contributed by atoms with Crippen molar-refractivity contribution in [1.29, 1.82) is 0 Å². The third-order valence-electron chi connectivity index (χ3n) is 3.54. The minimum Gasteiger partial charge on any atom is -0.396 e. The number of methoxy groups -OCH3 is 1. The molecule has 2 atom stereocenters. The van der Waals surface area contributed by atoms with Gasteiger partial charge in [-0.3, -0.25) is 14.4 Å². The maximum absolute atomic E-state index is 11.6. The lowest BCUT2D eigenvalue weighted by Gasteiger charge is -2.17. The molecular formula is C13H22N4O3. The van der Waals surface area contributed by atoms with Crippen molar-refractivity contribution in [2.45, 2.75) is 12.6 Å². The lowest BCUT2D eigenvalue weighted by atomic mass is 10.1. The van der Waals surface area contributed by atoms with Crippen molar-refractivity contribution >= 4 is 5.91 Å². The lowest BCUT2D eigenvalue weighted by molar-refractivity contribution is -0.125. The van der Waals surface area contributed by atoms with Crippen molar-refractivity contribution in [3.8, 4) is 0 Å². The topological polar surface area (TPSA) is 79.6 Å². The van der Waals surface area contributed by atoms with Gasteiger partial charge in [0.25, 0.3) is 0 Å². The number of ether oxygens (including phenoxy) is 1. The van der Waals surface area contributed by atoms with Crippen molar-refractivity contribution in [1.82, 2.24) is 20.0 Å². The summed E-state index contributed by atoms with van der Waals surface area (Å²) in [7, 11) is 3.38. The van der Waals surface area contributed by atoms with Crippen LogP contribution in [0.1, 0.15) is 5.56 Å². The Hall–Kier alpha value is -1.44. The molecule has 1 aromatic rings. The standard InChI is InChI=1S/C13H22N4O3/c1-16-4-10(3-14-16)5-17-6-11(8-18)12(7-17)15-13(19)9-20-2/h3-4,11-12,18H,5-9H2,1-2H3,(H,15,19)/t11-,12+/m0/s1. The molecule has 112 valence electrons. The highest BCUT2D eigenvalue weighted by atomic mass is 16.5. The number of aromatic nitrogens is 2. The van der Waals surface area contributed by atoms with Gasteiger partial charge in [0.1, 0.15) is 6.61 Å². The molecule has 2 N–H and O–H groups in total. The first-order chi connectivity index (χ1) is 9.62. The minimum absolute atomic E-state index is 0.0284. The summed E-state index contributed by atoms with van der Waals surface area (Å²) in [5.41, 5.74) is 1.13. The molecule has 0 saturated carbocycles. The van der Waals surface area contributed by atoms with E-state index in [0.29, 0.717) is 0 Å². The van der Waals surface area contributed by atoms with Gasteiger partial charge in [-0.1, -0.05) is 0 Å². The summed E-state index contributed by atoms with van der Waals surface area (Å²) in [6, 6.07) is -0.0284. The summed E-state index contributed by atoms with van der Waals surface area (Å²) in [5, 5.41) is 16.5. The Morgan fingerprint density at radius 3 is 3.00 bits per heavy atom. The van der Waals surface area contributed by atoms with E-state index in [1.807, 2.05) is 19.4 Å². The Balaban J connectivity index is 1.89. The first kappa shape index (κ1) is 15.0. The summed E-state index contributed by atoms with van der Waals surface area (Å²) < 4.78 is 6.58. The largest absolute Gasteiger partial charge is 0.396 e. The number of hydrogen-bond acceptors (Lipinski definition) is 5. The zero-order chi connectivity index (χ0) is 14.5. The van der Waals surface area contributed by atoms with Crippen molar-refractivity contribution in [3.05, 3.63) is 18.0 Å². The number of carbonyl (C=O) groups excluding carboxylic acids is 1. The molecule has 0 spiro atoms. The van der Waals surface area contributed by atoms with Crippen molar-refractivity contribution < 1.29 is 14.6 Å². The molecule has 0 bridgehead atoms. The minimum atomic E-state index is -0.140. The van der Waals surface area contributed by atoms with Gasteiger partial charge < -0.3 is 15.2 Å². The third-order valence-corrected chi connectivity index (χ3v) is 3.54. The molecule has 7 nitrogen and oxygen atoms in total. The van der Waals surface area contributed by atoms with Crippen LogP contribution in [-0.2, 0) is 23.1 Å². The average Bonchev–Trinajstić information content (AvgIpc) is 2.96. The molecule has 7 heteroatoms. The summed E-state index contributed by atoms with van der Waals surface area (Å²) >= 11 is 0. The number of amides is 1. The van der Waals surface area contributed by atoms with E-state index >= 15 is 0 Å². The predicted octanol–water partition coefficient (Wildman–Crippen LogP) is -1.02. The highest BCUT2D eigenvalue weighted by molar-refractivity contribution is 5.77. The zero-order valence-corrected chi connectivity index (χ0v) is 12.0. The van der Waals surface area contributed by atoms with Crippen LogP contribution in [0.5, 0.6) is 0 Å². The maximum Gasteiger partial charge on any atom is 0.246 e. The van der Waals surface area contributed by atoms with Crippen LogP contribution in [0.25, 0.3) is 0 Å². The molecule has 0 aromatic carbocycles. The van der Waals surface area contributed by atoms with Crippen molar-refractivity contribution in [3.63, 3.8) is 0 Å². The molecule has 1 aliphatic heterocycles. The smallest absolute Gasteiger partial charge is 0.246 e. The number of aryl methyl sites for hydroxylation is 1. The molecule has 1 aromatic heterocycles. The number of nitrogens with zero attached hydrogens (tertiary/aromatic N) is 3. The van der Waals surface area contributed by atoms with Gasteiger partial charge in [0, 0.05) is 64.1 Å². The molecule has 1 saturated heterocycles. The van der Waals surface area contributed by atoms with E-state index in [9.17, 15) is 9.90 Å². The normalized spacial score (nSPS) is 23.1. The van der Waals surface area contributed by atoms with E-state index in [1.165, 1.54) is 7.11 Å². The first-order valence-electron chi connectivity index (χ1n) is 6.71. The quantitative estimate of drug-likeness (QED) is 0.698. The summed E-state index contributed by atoms with van der Waals surface area (Å²) in [6.45, 7) is 2.40. The molecule has 0 aliphatic carbocycles. The van der Waals surface area contributed by atoms with Crippen LogP contribution < -0.4 is 5.32 Å².